The molecule has 2 aliphatic rings. The maximum Gasteiger partial charge on any atom is 0.192 e. The summed E-state index contributed by atoms with van der Waals surface area (Å²) in [6, 6.07) is 14.2. The topological polar surface area (TPSA) is 43.3 Å². The molecule has 2 heterocycles. The first kappa shape index (κ1) is 15.8. The molecule has 0 bridgehead atoms. The van der Waals surface area contributed by atoms with Crippen molar-refractivity contribution in [3.8, 4) is 17.2 Å². The predicted molar refractivity (Wildman–Crippen MR) is 96.4 cm³/mol. The predicted octanol–water partition coefficient (Wildman–Crippen LogP) is 3.98. The zero-order chi connectivity index (χ0) is 17.6. The molecule has 5 nitrogen and oxygen atoms in total. The summed E-state index contributed by atoms with van der Waals surface area (Å²) in [7, 11) is 3.35. The lowest BCUT2D eigenvalue weighted by Crippen LogP contribution is -2.48. The molecule has 2 aliphatic heterocycles. The first-order chi connectivity index (χ1) is 12.0. The van der Waals surface area contributed by atoms with Gasteiger partial charge in [-0.2, -0.15) is 5.10 Å². The van der Waals surface area contributed by atoms with E-state index in [1.54, 1.807) is 14.2 Å². The number of fused-ring (bicyclic) bond motifs is 3. The van der Waals surface area contributed by atoms with Crippen LogP contribution < -0.4 is 14.2 Å². The van der Waals surface area contributed by atoms with Gasteiger partial charge in [0.15, 0.2) is 17.2 Å². The molecule has 0 radical (unpaired) electrons. The Hall–Kier alpha value is -2.69. The molecular weight excluding hydrogens is 316 g/mol. The van der Waals surface area contributed by atoms with Gasteiger partial charge in [0, 0.05) is 12.0 Å². The molecule has 0 fully saturated rings. The lowest BCUT2D eigenvalue weighted by Gasteiger charge is -2.43. The standard InChI is InChI=1S/C20H22N2O3/c1-20(2)22-17(15-6-5-7-18(24-4)19(15)25-20)12-16(21-22)13-8-10-14(23-3)11-9-13/h5-11,17H,12H2,1-4H3/t17-/m1/s1. The third kappa shape index (κ3) is 2.51. The molecule has 4 rings (SSSR count). The van der Waals surface area contributed by atoms with Crippen LogP contribution in [0.3, 0.4) is 0 Å². The van der Waals surface area contributed by atoms with E-state index >= 15 is 0 Å². The van der Waals surface area contributed by atoms with Crippen molar-refractivity contribution in [2.75, 3.05) is 14.2 Å². The van der Waals surface area contributed by atoms with Gasteiger partial charge in [0.2, 0.25) is 0 Å². The van der Waals surface area contributed by atoms with Crippen molar-refractivity contribution in [2.45, 2.75) is 32.0 Å². The number of hydrogen-bond donors (Lipinski definition) is 0. The van der Waals surface area contributed by atoms with E-state index in [1.165, 1.54) is 0 Å². The van der Waals surface area contributed by atoms with Gasteiger partial charge in [-0.25, -0.2) is 5.01 Å². The van der Waals surface area contributed by atoms with Gasteiger partial charge >= 0.3 is 0 Å². The van der Waals surface area contributed by atoms with Gasteiger partial charge in [-0.15, -0.1) is 0 Å². The minimum atomic E-state index is -0.541. The van der Waals surface area contributed by atoms with Crippen LogP contribution in [-0.4, -0.2) is 30.7 Å². The average Bonchev–Trinajstić information content (AvgIpc) is 3.08. The van der Waals surface area contributed by atoms with Crippen molar-refractivity contribution in [2.24, 2.45) is 5.10 Å². The second-order valence-electron chi connectivity index (χ2n) is 6.77. The molecule has 2 aromatic rings. The van der Waals surface area contributed by atoms with Gasteiger partial charge < -0.3 is 14.2 Å². The highest BCUT2D eigenvalue weighted by atomic mass is 16.5. The molecule has 0 saturated carbocycles. The summed E-state index contributed by atoms with van der Waals surface area (Å²) in [4.78, 5) is 0. The molecule has 2 aromatic carbocycles. The van der Waals surface area contributed by atoms with Crippen LogP contribution in [0.25, 0.3) is 0 Å². The van der Waals surface area contributed by atoms with Crippen LogP contribution in [0.4, 0.5) is 0 Å². The van der Waals surface area contributed by atoms with Crippen LogP contribution in [0.15, 0.2) is 47.6 Å². The van der Waals surface area contributed by atoms with Crippen molar-refractivity contribution in [3.05, 3.63) is 53.6 Å². The molecular formula is C20H22N2O3. The van der Waals surface area contributed by atoms with E-state index in [9.17, 15) is 0 Å². The summed E-state index contributed by atoms with van der Waals surface area (Å²) < 4.78 is 17.0. The maximum absolute atomic E-state index is 6.25. The molecule has 1 atom stereocenters. The molecule has 25 heavy (non-hydrogen) atoms. The Morgan fingerprint density at radius 1 is 1.08 bits per heavy atom. The molecule has 0 amide bonds. The fraction of sp³-hybridized carbons (Fsp3) is 0.350. The lowest BCUT2D eigenvalue weighted by molar-refractivity contribution is -0.0924. The summed E-state index contributed by atoms with van der Waals surface area (Å²) in [5.74, 6) is 2.43. The normalized spacial score (nSPS) is 20.2. The molecule has 5 heteroatoms. The van der Waals surface area contributed by atoms with Gasteiger partial charge in [0.05, 0.1) is 26.0 Å². The van der Waals surface area contributed by atoms with E-state index < -0.39 is 5.72 Å². The van der Waals surface area contributed by atoms with E-state index in [-0.39, 0.29) is 6.04 Å². The van der Waals surface area contributed by atoms with Crippen LogP contribution in [0.5, 0.6) is 17.2 Å². The Balaban J connectivity index is 1.74. The van der Waals surface area contributed by atoms with Crippen LogP contribution in [0.2, 0.25) is 0 Å². The largest absolute Gasteiger partial charge is 0.497 e. The van der Waals surface area contributed by atoms with E-state index in [0.29, 0.717) is 0 Å². The van der Waals surface area contributed by atoms with Crippen LogP contribution in [-0.2, 0) is 0 Å². The summed E-state index contributed by atoms with van der Waals surface area (Å²) in [5.41, 5.74) is 2.74. The minimum Gasteiger partial charge on any atom is -0.497 e. The monoisotopic (exact) mass is 338 g/mol. The lowest BCUT2D eigenvalue weighted by atomic mass is 9.95. The Bertz CT molecular complexity index is 827. The molecule has 0 saturated heterocycles. The van der Waals surface area contributed by atoms with Gasteiger partial charge in [-0.05, 0) is 49.7 Å². The maximum atomic E-state index is 6.25. The number of methoxy groups -OCH3 is 2. The summed E-state index contributed by atoms with van der Waals surface area (Å²) >= 11 is 0. The number of hydrazone groups is 1. The first-order valence-corrected chi connectivity index (χ1v) is 8.40. The third-order valence-electron chi connectivity index (χ3n) is 4.83. The van der Waals surface area contributed by atoms with Gasteiger partial charge in [0.1, 0.15) is 5.75 Å². The first-order valence-electron chi connectivity index (χ1n) is 8.40. The summed E-state index contributed by atoms with van der Waals surface area (Å²) in [6.07, 6.45) is 0.833. The highest BCUT2D eigenvalue weighted by Gasteiger charge is 2.45. The van der Waals surface area contributed by atoms with Gasteiger partial charge in [-0.1, -0.05) is 12.1 Å². The van der Waals surface area contributed by atoms with Crippen LogP contribution >= 0.6 is 0 Å². The van der Waals surface area contributed by atoms with E-state index in [2.05, 4.69) is 23.2 Å². The second-order valence-corrected chi connectivity index (χ2v) is 6.77. The third-order valence-corrected chi connectivity index (χ3v) is 4.83. The number of para-hydroxylation sites is 1. The molecule has 0 spiro atoms. The van der Waals surface area contributed by atoms with Crippen LogP contribution in [0.1, 0.15) is 37.4 Å². The Morgan fingerprint density at radius 2 is 1.84 bits per heavy atom. The Morgan fingerprint density at radius 3 is 2.52 bits per heavy atom. The minimum absolute atomic E-state index is 0.144. The number of benzene rings is 2. The van der Waals surface area contributed by atoms with Gasteiger partial charge in [0.25, 0.3) is 0 Å². The number of nitrogens with zero attached hydrogens (tertiary/aromatic N) is 2. The Labute approximate surface area is 147 Å². The van der Waals surface area contributed by atoms with Crippen molar-refractivity contribution >= 4 is 5.71 Å². The fourth-order valence-corrected chi connectivity index (χ4v) is 3.57. The van der Waals surface area contributed by atoms with Crippen molar-refractivity contribution < 1.29 is 14.2 Å². The van der Waals surface area contributed by atoms with E-state index in [1.807, 2.05) is 38.1 Å². The van der Waals surface area contributed by atoms with E-state index in [4.69, 9.17) is 19.3 Å². The number of hydrogen-bond acceptors (Lipinski definition) is 5. The van der Waals surface area contributed by atoms with Crippen LogP contribution in [0, 0.1) is 0 Å². The average molecular weight is 338 g/mol. The van der Waals surface area contributed by atoms with Gasteiger partial charge in [-0.3, -0.25) is 0 Å². The Kier molecular flexibility index (Phi) is 3.60. The van der Waals surface area contributed by atoms with Crippen molar-refractivity contribution in [1.82, 2.24) is 5.01 Å². The smallest absolute Gasteiger partial charge is 0.192 e. The fourth-order valence-electron chi connectivity index (χ4n) is 3.57. The van der Waals surface area contributed by atoms with Crippen molar-refractivity contribution in [3.63, 3.8) is 0 Å². The highest BCUT2D eigenvalue weighted by molar-refractivity contribution is 6.02. The second kappa shape index (κ2) is 5.69. The van der Waals surface area contributed by atoms with E-state index in [0.717, 1.165) is 40.5 Å². The highest BCUT2D eigenvalue weighted by Crippen LogP contribution is 2.49. The summed E-state index contributed by atoms with van der Waals surface area (Å²) in [5, 5.41) is 6.95. The molecule has 0 aliphatic carbocycles. The molecule has 0 aromatic heterocycles. The van der Waals surface area contributed by atoms with Crippen molar-refractivity contribution in [1.29, 1.82) is 0 Å². The number of ether oxygens (including phenoxy) is 3. The zero-order valence-electron chi connectivity index (χ0n) is 14.9. The molecule has 0 N–H and O–H groups in total. The number of rotatable bonds is 3. The SMILES string of the molecule is COc1ccc(C2=NN3[C@H](C2)c2cccc(OC)c2OC3(C)C)cc1. The molecule has 0 unspecified atom stereocenters. The summed E-state index contributed by atoms with van der Waals surface area (Å²) in [6.45, 7) is 4.08. The zero-order valence-corrected chi connectivity index (χ0v) is 14.9. The quantitative estimate of drug-likeness (QED) is 0.849. The molecule has 130 valence electrons.